The summed E-state index contributed by atoms with van der Waals surface area (Å²) in [4.78, 5) is 10.9. The number of benzene rings is 1. The maximum atomic E-state index is 10.9. The number of hydrogen-bond donors (Lipinski definition) is 3. The van der Waals surface area contributed by atoms with Crippen molar-refractivity contribution in [3.63, 3.8) is 0 Å². The Labute approximate surface area is 104 Å². The Morgan fingerprint density at radius 1 is 1.33 bits per heavy atom. The van der Waals surface area contributed by atoms with E-state index in [1.54, 1.807) is 31.2 Å². The molecule has 6 nitrogen and oxygen atoms in total. The molecule has 98 valence electrons. The van der Waals surface area contributed by atoms with E-state index < -0.39 is 24.5 Å². The third-order valence-electron chi connectivity index (χ3n) is 2.67. The summed E-state index contributed by atoms with van der Waals surface area (Å²) in [5, 5.41) is 21.4. The Morgan fingerprint density at radius 2 is 1.94 bits per heavy atom. The van der Waals surface area contributed by atoms with Gasteiger partial charge in [-0.2, -0.15) is 0 Å². The molecule has 1 heterocycles. The minimum atomic E-state index is -1.57. The molecule has 0 aromatic heterocycles. The van der Waals surface area contributed by atoms with Gasteiger partial charge < -0.3 is 19.7 Å². The van der Waals surface area contributed by atoms with Gasteiger partial charge in [0.05, 0.1) is 6.04 Å². The van der Waals surface area contributed by atoms with Crippen LogP contribution in [0.15, 0.2) is 30.3 Å². The fraction of sp³-hybridized carbons (Fsp3) is 0.417. The van der Waals surface area contributed by atoms with Crippen molar-refractivity contribution in [3.8, 4) is 0 Å². The molecule has 0 bridgehead atoms. The molecule has 0 unspecified atom stereocenters. The van der Waals surface area contributed by atoms with Crippen molar-refractivity contribution in [1.82, 2.24) is 5.32 Å². The van der Waals surface area contributed by atoms with Crippen LogP contribution in [0.4, 0.5) is 0 Å². The summed E-state index contributed by atoms with van der Waals surface area (Å²) in [7, 11) is 0. The maximum Gasteiger partial charge on any atom is 0.334 e. The number of hydrogen-bond acceptors (Lipinski definition) is 5. The molecule has 2 atom stereocenters. The maximum absolute atomic E-state index is 10.9. The molecule has 0 amide bonds. The molecule has 2 rings (SSSR count). The summed E-state index contributed by atoms with van der Waals surface area (Å²) in [6.45, 7) is 1.73. The molecule has 0 spiro atoms. The molecule has 1 aliphatic heterocycles. The smallest absolute Gasteiger partial charge is 0.334 e. The van der Waals surface area contributed by atoms with Crippen LogP contribution < -0.4 is 5.32 Å². The molecular weight excluding hydrogens is 238 g/mol. The second-order valence-electron chi connectivity index (χ2n) is 4.01. The number of aliphatic carboxylic acids is 1. The largest absolute Gasteiger partial charge is 0.479 e. The van der Waals surface area contributed by atoms with Crippen LogP contribution in [-0.4, -0.2) is 35.0 Å². The van der Waals surface area contributed by atoms with Crippen molar-refractivity contribution < 1.29 is 24.5 Å². The minimum absolute atomic E-state index is 0.319. The van der Waals surface area contributed by atoms with Crippen molar-refractivity contribution in [2.24, 2.45) is 0 Å². The highest BCUT2D eigenvalue weighted by Crippen LogP contribution is 2.22. The number of nitrogens with one attached hydrogen (secondary N) is 1. The monoisotopic (exact) mass is 253 g/mol. The molecule has 0 radical (unpaired) electrons. The van der Waals surface area contributed by atoms with Crippen molar-refractivity contribution in [3.05, 3.63) is 35.9 Å². The third-order valence-corrected chi connectivity index (χ3v) is 2.67. The molecule has 1 aliphatic rings. The molecule has 1 aromatic carbocycles. The number of aliphatic hydroxyl groups is 1. The van der Waals surface area contributed by atoms with Crippen LogP contribution in [0.3, 0.4) is 0 Å². The van der Waals surface area contributed by atoms with Crippen LogP contribution in [0.1, 0.15) is 18.5 Å². The average Bonchev–Trinajstić information content (AvgIpc) is 2.33. The number of carboxylic acid groups (broad SMARTS) is 1. The fourth-order valence-corrected chi connectivity index (χ4v) is 1.76. The van der Waals surface area contributed by atoms with Gasteiger partial charge in [0.25, 0.3) is 0 Å². The standard InChI is InChI=1S/C12H15NO5/c1-7-17-12(18-7)13-9(10(14)11(15)16)8-5-3-2-4-6-8/h2-7,9-10,12-14H,1H3,(H,15,16)/t7?,9-,10+,12?/m1/s1. The summed E-state index contributed by atoms with van der Waals surface area (Å²) in [5.74, 6) is -1.30. The predicted octanol–water partition coefficient (Wildman–Crippen LogP) is 0.439. The van der Waals surface area contributed by atoms with Gasteiger partial charge in [-0.1, -0.05) is 30.3 Å². The number of aliphatic hydroxyl groups excluding tert-OH is 1. The van der Waals surface area contributed by atoms with Crippen LogP contribution in [0.5, 0.6) is 0 Å². The van der Waals surface area contributed by atoms with Crippen LogP contribution in [-0.2, 0) is 14.3 Å². The zero-order valence-corrected chi connectivity index (χ0v) is 9.82. The number of rotatable bonds is 5. The van der Waals surface area contributed by atoms with E-state index in [2.05, 4.69) is 5.32 Å². The zero-order chi connectivity index (χ0) is 13.1. The summed E-state index contributed by atoms with van der Waals surface area (Å²) < 4.78 is 10.4. The normalized spacial score (nSPS) is 26.1. The highest BCUT2D eigenvalue weighted by Gasteiger charge is 2.34. The van der Waals surface area contributed by atoms with E-state index in [1.165, 1.54) is 0 Å². The van der Waals surface area contributed by atoms with Crippen LogP contribution in [0.25, 0.3) is 0 Å². The molecule has 6 heteroatoms. The average molecular weight is 253 g/mol. The first kappa shape index (κ1) is 13.0. The predicted molar refractivity (Wildman–Crippen MR) is 61.4 cm³/mol. The Balaban J connectivity index is 2.10. The first-order valence-corrected chi connectivity index (χ1v) is 5.60. The Hall–Kier alpha value is -1.47. The van der Waals surface area contributed by atoms with Crippen LogP contribution in [0.2, 0.25) is 0 Å². The lowest BCUT2D eigenvalue weighted by Gasteiger charge is -2.37. The van der Waals surface area contributed by atoms with Gasteiger partial charge in [-0.3, -0.25) is 5.32 Å². The van der Waals surface area contributed by atoms with Crippen molar-refractivity contribution in [1.29, 1.82) is 0 Å². The lowest BCUT2D eigenvalue weighted by Crippen LogP contribution is -2.52. The Morgan fingerprint density at radius 3 is 2.44 bits per heavy atom. The van der Waals surface area contributed by atoms with E-state index in [1.807, 2.05) is 6.07 Å². The summed E-state index contributed by atoms with van der Waals surface area (Å²) in [6.07, 6.45) is -2.59. The number of ether oxygens (including phenoxy) is 2. The first-order chi connectivity index (χ1) is 8.58. The lowest BCUT2D eigenvalue weighted by atomic mass is 10.0. The summed E-state index contributed by atoms with van der Waals surface area (Å²) in [5.41, 5.74) is 0.652. The van der Waals surface area contributed by atoms with Crippen molar-refractivity contribution in [2.75, 3.05) is 0 Å². The number of carboxylic acids is 1. The zero-order valence-electron chi connectivity index (χ0n) is 9.82. The van der Waals surface area contributed by atoms with E-state index in [9.17, 15) is 9.90 Å². The SMILES string of the molecule is CC1OC(N[C@H](c2ccccc2)[C@H](O)C(=O)O)O1. The van der Waals surface area contributed by atoms with Gasteiger partial charge >= 0.3 is 5.97 Å². The van der Waals surface area contributed by atoms with E-state index in [0.29, 0.717) is 5.56 Å². The van der Waals surface area contributed by atoms with E-state index in [-0.39, 0.29) is 6.29 Å². The highest BCUT2D eigenvalue weighted by molar-refractivity contribution is 5.73. The van der Waals surface area contributed by atoms with Crippen LogP contribution >= 0.6 is 0 Å². The van der Waals surface area contributed by atoms with Gasteiger partial charge in [0.2, 0.25) is 6.41 Å². The molecule has 0 saturated carbocycles. The molecule has 1 aromatic rings. The summed E-state index contributed by atoms with van der Waals surface area (Å²) in [6, 6.07) is 8.01. The first-order valence-electron chi connectivity index (χ1n) is 5.60. The third kappa shape index (κ3) is 2.85. The van der Waals surface area contributed by atoms with E-state index in [4.69, 9.17) is 14.6 Å². The molecular formula is C12H15NO5. The molecule has 1 fully saturated rings. The molecule has 3 N–H and O–H groups in total. The minimum Gasteiger partial charge on any atom is -0.479 e. The fourth-order valence-electron chi connectivity index (χ4n) is 1.76. The molecule has 1 saturated heterocycles. The van der Waals surface area contributed by atoms with Gasteiger partial charge in [0.15, 0.2) is 12.4 Å². The Bertz CT molecular complexity index is 404. The topological polar surface area (TPSA) is 88.0 Å². The quantitative estimate of drug-likeness (QED) is 0.705. The lowest BCUT2D eigenvalue weighted by molar-refractivity contribution is -0.389. The van der Waals surface area contributed by atoms with E-state index in [0.717, 1.165) is 0 Å². The van der Waals surface area contributed by atoms with Crippen LogP contribution in [0, 0.1) is 0 Å². The second-order valence-corrected chi connectivity index (χ2v) is 4.01. The summed E-state index contributed by atoms with van der Waals surface area (Å²) >= 11 is 0. The number of carbonyl (C=O) groups is 1. The van der Waals surface area contributed by atoms with Gasteiger partial charge in [-0.05, 0) is 12.5 Å². The molecule has 18 heavy (non-hydrogen) atoms. The second kappa shape index (κ2) is 5.45. The van der Waals surface area contributed by atoms with E-state index >= 15 is 0 Å². The Kier molecular flexibility index (Phi) is 3.93. The van der Waals surface area contributed by atoms with Crippen molar-refractivity contribution in [2.45, 2.75) is 31.8 Å². The van der Waals surface area contributed by atoms with Crippen molar-refractivity contribution >= 4 is 5.97 Å². The van der Waals surface area contributed by atoms with Gasteiger partial charge in [-0.15, -0.1) is 0 Å². The highest BCUT2D eigenvalue weighted by atomic mass is 16.9. The van der Waals surface area contributed by atoms with Gasteiger partial charge in [-0.25, -0.2) is 4.79 Å². The molecule has 0 aliphatic carbocycles. The van der Waals surface area contributed by atoms with Gasteiger partial charge in [0.1, 0.15) is 0 Å². The van der Waals surface area contributed by atoms with Gasteiger partial charge in [0, 0.05) is 0 Å².